The molecule has 0 radical (unpaired) electrons. The van der Waals surface area contributed by atoms with E-state index in [2.05, 4.69) is 6.92 Å². The van der Waals surface area contributed by atoms with Gasteiger partial charge in [-0.2, -0.15) is 0 Å². The van der Waals surface area contributed by atoms with Crippen LogP contribution in [0.1, 0.15) is 57.1 Å². The molecule has 1 N–H and O–H groups in total. The quantitative estimate of drug-likeness (QED) is 0.753. The Balaban J connectivity index is 1.93. The van der Waals surface area contributed by atoms with E-state index in [0.29, 0.717) is 29.7 Å². The van der Waals surface area contributed by atoms with Crippen molar-refractivity contribution in [2.45, 2.75) is 51.6 Å². The summed E-state index contributed by atoms with van der Waals surface area (Å²) in [5.41, 5.74) is 0.742. The van der Waals surface area contributed by atoms with Crippen LogP contribution in [0.15, 0.2) is 12.1 Å². The van der Waals surface area contributed by atoms with Crippen LogP contribution in [-0.4, -0.2) is 18.3 Å². The molecule has 0 amide bonds. The molecule has 1 atom stereocenters. The predicted molar refractivity (Wildman–Crippen MR) is 80.8 cm³/mol. The number of unbranched alkanes of at least 4 members (excludes halogenated alkanes) is 4. The summed E-state index contributed by atoms with van der Waals surface area (Å²) in [6.45, 7) is 3.29. The molecule has 4 heteroatoms. The Hall–Kier alpha value is -0.930. The van der Waals surface area contributed by atoms with Gasteiger partial charge in [-0.1, -0.05) is 50.6 Å². The highest BCUT2D eigenvalue weighted by Crippen LogP contribution is 2.38. The van der Waals surface area contributed by atoms with Gasteiger partial charge in [-0.3, -0.25) is 0 Å². The van der Waals surface area contributed by atoms with Crippen molar-refractivity contribution in [2.75, 3.05) is 13.2 Å². The monoisotopic (exact) mass is 298 g/mol. The molecule has 1 heterocycles. The molecule has 0 fully saturated rings. The van der Waals surface area contributed by atoms with Crippen molar-refractivity contribution in [1.29, 1.82) is 0 Å². The highest BCUT2D eigenvalue weighted by molar-refractivity contribution is 6.31. The molecule has 0 aliphatic carbocycles. The highest BCUT2D eigenvalue weighted by Gasteiger charge is 2.19. The lowest BCUT2D eigenvalue weighted by molar-refractivity contribution is 0.157. The van der Waals surface area contributed by atoms with E-state index < -0.39 is 6.10 Å². The molecule has 1 aliphatic rings. The molecule has 20 heavy (non-hydrogen) atoms. The van der Waals surface area contributed by atoms with E-state index in [0.717, 1.165) is 24.8 Å². The SMILES string of the molecule is CCCCCCCC(O)c1cc2c(cc1Cl)OCCO2. The lowest BCUT2D eigenvalue weighted by Gasteiger charge is -2.21. The van der Waals surface area contributed by atoms with Crippen LogP contribution in [0.5, 0.6) is 11.5 Å². The molecule has 3 nitrogen and oxygen atoms in total. The van der Waals surface area contributed by atoms with Crippen LogP contribution < -0.4 is 9.47 Å². The van der Waals surface area contributed by atoms with Crippen molar-refractivity contribution in [3.05, 3.63) is 22.7 Å². The van der Waals surface area contributed by atoms with E-state index >= 15 is 0 Å². The van der Waals surface area contributed by atoms with E-state index in [1.165, 1.54) is 19.3 Å². The minimum atomic E-state index is -0.528. The average Bonchev–Trinajstić information content (AvgIpc) is 2.46. The van der Waals surface area contributed by atoms with Crippen LogP contribution >= 0.6 is 11.6 Å². The second kappa shape index (κ2) is 7.75. The molecule has 2 rings (SSSR count). The average molecular weight is 299 g/mol. The second-order valence-electron chi connectivity index (χ2n) is 5.24. The minimum absolute atomic E-state index is 0.528. The first-order valence-corrected chi connectivity index (χ1v) is 7.87. The molecule has 0 saturated carbocycles. The Bertz CT molecular complexity index is 434. The van der Waals surface area contributed by atoms with Crippen molar-refractivity contribution >= 4 is 11.6 Å². The number of rotatable bonds is 7. The smallest absolute Gasteiger partial charge is 0.162 e. The summed E-state index contributed by atoms with van der Waals surface area (Å²) in [7, 11) is 0. The van der Waals surface area contributed by atoms with Crippen molar-refractivity contribution < 1.29 is 14.6 Å². The second-order valence-corrected chi connectivity index (χ2v) is 5.64. The third kappa shape index (κ3) is 4.03. The van der Waals surface area contributed by atoms with Crippen LogP contribution in [0.4, 0.5) is 0 Å². The molecule has 1 unspecified atom stereocenters. The van der Waals surface area contributed by atoms with Crippen LogP contribution in [-0.2, 0) is 0 Å². The minimum Gasteiger partial charge on any atom is -0.486 e. The fourth-order valence-corrected chi connectivity index (χ4v) is 2.71. The van der Waals surface area contributed by atoms with Crippen LogP contribution in [0.3, 0.4) is 0 Å². The van der Waals surface area contributed by atoms with Gasteiger partial charge in [0.05, 0.1) is 11.1 Å². The number of aliphatic hydroxyl groups is 1. The molecule has 1 aliphatic heterocycles. The predicted octanol–water partition coefficient (Wildman–Crippen LogP) is 4.51. The molecule has 0 saturated heterocycles. The lowest BCUT2D eigenvalue weighted by atomic mass is 10.0. The van der Waals surface area contributed by atoms with Gasteiger partial charge in [-0.25, -0.2) is 0 Å². The van der Waals surface area contributed by atoms with Crippen molar-refractivity contribution in [1.82, 2.24) is 0 Å². The standard InChI is InChI=1S/C16H23ClO3/c1-2-3-4-5-6-7-14(18)12-10-15-16(11-13(12)17)20-9-8-19-15/h10-11,14,18H,2-9H2,1H3. The first-order valence-electron chi connectivity index (χ1n) is 7.49. The van der Waals surface area contributed by atoms with Crippen molar-refractivity contribution in [3.63, 3.8) is 0 Å². The molecule has 1 aromatic rings. The lowest BCUT2D eigenvalue weighted by Crippen LogP contribution is -2.16. The van der Waals surface area contributed by atoms with Gasteiger partial charge in [0.2, 0.25) is 0 Å². The Morgan fingerprint density at radius 1 is 1.10 bits per heavy atom. The van der Waals surface area contributed by atoms with E-state index in [9.17, 15) is 5.11 Å². The summed E-state index contributed by atoms with van der Waals surface area (Å²) in [6, 6.07) is 3.55. The summed E-state index contributed by atoms with van der Waals surface area (Å²) in [6.07, 6.45) is 6.12. The molecule has 1 aromatic carbocycles. The maximum atomic E-state index is 10.3. The first-order chi connectivity index (χ1) is 9.72. The number of ether oxygens (including phenoxy) is 2. The van der Waals surface area contributed by atoms with Gasteiger partial charge < -0.3 is 14.6 Å². The summed E-state index contributed by atoms with van der Waals surface area (Å²) in [5.74, 6) is 1.35. The van der Waals surface area contributed by atoms with E-state index in [-0.39, 0.29) is 0 Å². The van der Waals surface area contributed by atoms with Gasteiger partial charge in [-0.05, 0) is 12.5 Å². The number of benzene rings is 1. The maximum absolute atomic E-state index is 10.3. The molecule has 0 aromatic heterocycles. The fraction of sp³-hybridized carbons (Fsp3) is 0.625. The van der Waals surface area contributed by atoms with Crippen molar-refractivity contribution in [3.8, 4) is 11.5 Å². The normalized spacial score (nSPS) is 15.2. The zero-order valence-electron chi connectivity index (χ0n) is 12.0. The number of aliphatic hydroxyl groups excluding tert-OH is 1. The Morgan fingerprint density at radius 3 is 2.45 bits per heavy atom. The Labute approximate surface area is 125 Å². The molecular weight excluding hydrogens is 276 g/mol. The van der Waals surface area contributed by atoms with Crippen LogP contribution in [0.25, 0.3) is 0 Å². The Morgan fingerprint density at radius 2 is 1.75 bits per heavy atom. The van der Waals surface area contributed by atoms with Gasteiger partial charge in [0.1, 0.15) is 13.2 Å². The van der Waals surface area contributed by atoms with E-state index in [1.807, 2.05) is 6.07 Å². The number of hydrogen-bond donors (Lipinski definition) is 1. The zero-order chi connectivity index (χ0) is 14.4. The number of halogens is 1. The highest BCUT2D eigenvalue weighted by atomic mass is 35.5. The zero-order valence-corrected chi connectivity index (χ0v) is 12.8. The number of fused-ring (bicyclic) bond motifs is 1. The third-order valence-corrected chi connectivity index (χ3v) is 3.93. The summed E-state index contributed by atoms with van der Waals surface area (Å²) in [4.78, 5) is 0. The Kier molecular flexibility index (Phi) is 5.99. The first kappa shape index (κ1) is 15.5. The van der Waals surface area contributed by atoms with Gasteiger partial charge >= 0.3 is 0 Å². The van der Waals surface area contributed by atoms with E-state index in [4.69, 9.17) is 21.1 Å². The topological polar surface area (TPSA) is 38.7 Å². The van der Waals surface area contributed by atoms with Gasteiger partial charge in [0, 0.05) is 11.6 Å². The van der Waals surface area contributed by atoms with Crippen LogP contribution in [0, 0.1) is 0 Å². The summed E-state index contributed by atoms with van der Waals surface area (Å²) >= 11 is 6.22. The fourth-order valence-electron chi connectivity index (χ4n) is 2.43. The molecule has 0 spiro atoms. The molecule has 112 valence electrons. The number of hydrogen-bond acceptors (Lipinski definition) is 3. The molecular formula is C16H23ClO3. The third-order valence-electron chi connectivity index (χ3n) is 3.60. The summed E-state index contributed by atoms with van der Waals surface area (Å²) in [5, 5.41) is 10.8. The van der Waals surface area contributed by atoms with Gasteiger partial charge in [0.15, 0.2) is 11.5 Å². The molecule has 0 bridgehead atoms. The summed E-state index contributed by atoms with van der Waals surface area (Å²) < 4.78 is 11.0. The maximum Gasteiger partial charge on any atom is 0.162 e. The van der Waals surface area contributed by atoms with Gasteiger partial charge in [0.25, 0.3) is 0 Å². The largest absolute Gasteiger partial charge is 0.486 e. The van der Waals surface area contributed by atoms with E-state index in [1.54, 1.807) is 6.07 Å². The van der Waals surface area contributed by atoms with Crippen molar-refractivity contribution in [2.24, 2.45) is 0 Å². The van der Waals surface area contributed by atoms with Crippen LogP contribution in [0.2, 0.25) is 5.02 Å². The van der Waals surface area contributed by atoms with Gasteiger partial charge in [-0.15, -0.1) is 0 Å².